The molecule has 20 heavy (non-hydrogen) atoms. The number of piperazine rings is 1. The molecule has 0 aromatic heterocycles. The standard InChI is InChI=1S/C17H35N3/c1-4-8-19-9-11-20(12-10-19)15-17(14-18-3)7-5-6-16(2)13-17/h16,18H,4-15H2,1-3H3. The molecule has 1 saturated carbocycles. The highest BCUT2D eigenvalue weighted by Gasteiger charge is 2.36. The van der Waals surface area contributed by atoms with Crippen LogP contribution in [0.4, 0.5) is 0 Å². The molecule has 118 valence electrons. The van der Waals surface area contributed by atoms with Crippen LogP contribution in [-0.4, -0.2) is 62.7 Å². The summed E-state index contributed by atoms with van der Waals surface area (Å²) in [4.78, 5) is 5.37. The van der Waals surface area contributed by atoms with E-state index in [2.05, 4.69) is 36.0 Å². The van der Waals surface area contributed by atoms with Gasteiger partial charge in [-0.1, -0.05) is 26.7 Å². The van der Waals surface area contributed by atoms with E-state index in [1.807, 2.05) is 0 Å². The number of nitrogens with one attached hydrogen (secondary N) is 1. The summed E-state index contributed by atoms with van der Waals surface area (Å²) >= 11 is 0. The first-order chi connectivity index (χ1) is 9.67. The minimum absolute atomic E-state index is 0.541. The van der Waals surface area contributed by atoms with Crippen LogP contribution >= 0.6 is 0 Å². The van der Waals surface area contributed by atoms with E-state index < -0.39 is 0 Å². The number of nitrogens with zero attached hydrogens (tertiary/aromatic N) is 2. The van der Waals surface area contributed by atoms with E-state index in [1.165, 1.54) is 77.9 Å². The molecular formula is C17H35N3. The second-order valence-corrected chi connectivity index (χ2v) is 7.35. The average molecular weight is 281 g/mol. The molecule has 1 aliphatic heterocycles. The predicted molar refractivity (Wildman–Crippen MR) is 87.2 cm³/mol. The maximum atomic E-state index is 3.48. The molecule has 2 aliphatic rings. The van der Waals surface area contributed by atoms with E-state index >= 15 is 0 Å². The lowest BCUT2D eigenvalue weighted by Crippen LogP contribution is -2.52. The Kier molecular flexibility index (Phi) is 6.31. The van der Waals surface area contributed by atoms with Crippen molar-refractivity contribution in [3.05, 3.63) is 0 Å². The van der Waals surface area contributed by atoms with Gasteiger partial charge in [0.25, 0.3) is 0 Å². The van der Waals surface area contributed by atoms with Crippen LogP contribution in [0.3, 0.4) is 0 Å². The van der Waals surface area contributed by atoms with Crippen molar-refractivity contribution < 1.29 is 0 Å². The van der Waals surface area contributed by atoms with Gasteiger partial charge in [-0.3, -0.25) is 0 Å². The molecular weight excluding hydrogens is 246 g/mol. The van der Waals surface area contributed by atoms with Gasteiger partial charge in [0.05, 0.1) is 0 Å². The fraction of sp³-hybridized carbons (Fsp3) is 1.00. The zero-order valence-electron chi connectivity index (χ0n) is 14.0. The molecule has 0 aromatic carbocycles. The maximum Gasteiger partial charge on any atom is 0.0110 e. The lowest BCUT2D eigenvalue weighted by Gasteiger charge is -2.45. The summed E-state index contributed by atoms with van der Waals surface area (Å²) in [6.45, 7) is 13.6. The summed E-state index contributed by atoms with van der Waals surface area (Å²) in [5.74, 6) is 0.915. The van der Waals surface area contributed by atoms with E-state index in [-0.39, 0.29) is 0 Å². The van der Waals surface area contributed by atoms with Crippen molar-refractivity contribution in [1.29, 1.82) is 0 Å². The van der Waals surface area contributed by atoms with Gasteiger partial charge in [-0.05, 0) is 44.2 Å². The largest absolute Gasteiger partial charge is 0.319 e. The predicted octanol–water partition coefficient (Wildman–Crippen LogP) is 2.43. The molecule has 2 fully saturated rings. The molecule has 1 N–H and O–H groups in total. The molecule has 3 heteroatoms. The molecule has 2 rings (SSSR count). The Bertz CT molecular complexity index is 269. The summed E-state index contributed by atoms with van der Waals surface area (Å²) in [5, 5.41) is 3.48. The summed E-state index contributed by atoms with van der Waals surface area (Å²) in [7, 11) is 2.13. The zero-order chi connectivity index (χ0) is 14.4. The Morgan fingerprint density at radius 3 is 2.45 bits per heavy atom. The molecule has 0 radical (unpaired) electrons. The molecule has 1 heterocycles. The summed E-state index contributed by atoms with van der Waals surface area (Å²) in [5.41, 5.74) is 0.541. The first-order valence-corrected chi connectivity index (χ1v) is 8.77. The van der Waals surface area contributed by atoms with Gasteiger partial charge in [-0.2, -0.15) is 0 Å². The van der Waals surface area contributed by atoms with Crippen LogP contribution in [-0.2, 0) is 0 Å². The molecule has 0 bridgehead atoms. The number of rotatable bonds is 6. The lowest BCUT2D eigenvalue weighted by molar-refractivity contribution is 0.0503. The molecule has 2 atom stereocenters. The van der Waals surface area contributed by atoms with Gasteiger partial charge >= 0.3 is 0 Å². The van der Waals surface area contributed by atoms with Crippen LogP contribution in [0.25, 0.3) is 0 Å². The van der Waals surface area contributed by atoms with Gasteiger partial charge in [0.2, 0.25) is 0 Å². The topological polar surface area (TPSA) is 18.5 Å². The lowest BCUT2D eigenvalue weighted by atomic mass is 9.69. The van der Waals surface area contributed by atoms with E-state index in [1.54, 1.807) is 0 Å². The summed E-state index contributed by atoms with van der Waals surface area (Å²) in [6.07, 6.45) is 7.01. The van der Waals surface area contributed by atoms with Crippen molar-refractivity contribution >= 4 is 0 Å². The van der Waals surface area contributed by atoms with Crippen molar-refractivity contribution in [2.75, 3.05) is 52.9 Å². The van der Waals surface area contributed by atoms with Gasteiger partial charge in [0, 0.05) is 39.3 Å². The van der Waals surface area contributed by atoms with Crippen molar-refractivity contribution in [1.82, 2.24) is 15.1 Å². The van der Waals surface area contributed by atoms with Crippen molar-refractivity contribution in [3.8, 4) is 0 Å². The van der Waals surface area contributed by atoms with Crippen LogP contribution in [0.1, 0.15) is 46.0 Å². The van der Waals surface area contributed by atoms with Gasteiger partial charge in [0.15, 0.2) is 0 Å². The van der Waals surface area contributed by atoms with E-state index in [4.69, 9.17) is 0 Å². The fourth-order valence-electron chi connectivity index (χ4n) is 4.47. The second kappa shape index (κ2) is 7.77. The van der Waals surface area contributed by atoms with E-state index in [0.717, 1.165) is 5.92 Å². The Labute approximate surface area is 126 Å². The van der Waals surface area contributed by atoms with E-state index in [0.29, 0.717) is 5.41 Å². The Morgan fingerprint density at radius 2 is 1.85 bits per heavy atom. The van der Waals surface area contributed by atoms with Crippen LogP contribution in [0, 0.1) is 11.3 Å². The molecule has 3 nitrogen and oxygen atoms in total. The Morgan fingerprint density at radius 1 is 1.15 bits per heavy atom. The molecule has 1 saturated heterocycles. The van der Waals surface area contributed by atoms with Gasteiger partial charge < -0.3 is 15.1 Å². The molecule has 0 spiro atoms. The Balaban J connectivity index is 1.86. The first-order valence-electron chi connectivity index (χ1n) is 8.77. The quantitative estimate of drug-likeness (QED) is 0.807. The van der Waals surface area contributed by atoms with E-state index in [9.17, 15) is 0 Å². The third-order valence-corrected chi connectivity index (χ3v) is 5.30. The zero-order valence-corrected chi connectivity index (χ0v) is 14.0. The highest BCUT2D eigenvalue weighted by molar-refractivity contribution is 4.90. The maximum absolute atomic E-state index is 3.48. The van der Waals surface area contributed by atoms with Crippen molar-refractivity contribution in [2.45, 2.75) is 46.0 Å². The van der Waals surface area contributed by atoms with Crippen molar-refractivity contribution in [3.63, 3.8) is 0 Å². The third-order valence-electron chi connectivity index (χ3n) is 5.30. The number of hydrogen-bond acceptors (Lipinski definition) is 3. The average Bonchev–Trinajstić information content (AvgIpc) is 2.41. The molecule has 0 aromatic rings. The molecule has 0 amide bonds. The second-order valence-electron chi connectivity index (χ2n) is 7.35. The van der Waals surface area contributed by atoms with Crippen molar-refractivity contribution in [2.24, 2.45) is 11.3 Å². The SMILES string of the molecule is CCCN1CCN(CC2(CNC)CCCC(C)C2)CC1. The third kappa shape index (κ3) is 4.44. The Hall–Kier alpha value is -0.120. The highest BCUT2D eigenvalue weighted by Crippen LogP contribution is 2.39. The fourth-order valence-corrected chi connectivity index (χ4v) is 4.47. The highest BCUT2D eigenvalue weighted by atomic mass is 15.3. The van der Waals surface area contributed by atoms with Gasteiger partial charge in [-0.15, -0.1) is 0 Å². The number of hydrogen-bond donors (Lipinski definition) is 1. The minimum Gasteiger partial charge on any atom is -0.319 e. The summed E-state index contributed by atoms with van der Waals surface area (Å²) < 4.78 is 0. The van der Waals surface area contributed by atoms with Gasteiger partial charge in [0.1, 0.15) is 0 Å². The summed E-state index contributed by atoms with van der Waals surface area (Å²) in [6, 6.07) is 0. The first kappa shape index (κ1) is 16.3. The van der Waals surface area contributed by atoms with Crippen LogP contribution in [0.5, 0.6) is 0 Å². The van der Waals surface area contributed by atoms with Crippen LogP contribution in [0.15, 0.2) is 0 Å². The normalized spacial score (nSPS) is 33.5. The van der Waals surface area contributed by atoms with Crippen LogP contribution in [0.2, 0.25) is 0 Å². The minimum atomic E-state index is 0.541. The van der Waals surface area contributed by atoms with Gasteiger partial charge in [-0.25, -0.2) is 0 Å². The molecule has 1 aliphatic carbocycles. The van der Waals surface area contributed by atoms with Crippen LogP contribution < -0.4 is 5.32 Å². The molecule has 2 unspecified atom stereocenters. The monoisotopic (exact) mass is 281 g/mol. The smallest absolute Gasteiger partial charge is 0.0110 e.